The van der Waals surface area contributed by atoms with E-state index in [0.29, 0.717) is 10.6 Å². The molecule has 1 atom stereocenters. The highest BCUT2D eigenvalue weighted by atomic mass is 35.5. The lowest BCUT2D eigenvalue weighted by Gasteiger charge is -2.23. The van der Waals surface area contributed by atoms with Gasteiger partial charge in [-0.05, 0) is 19.1 Å². The van der Waals surface area contributed by atoms with E-state index in [2.05, 4.69) is 0 Å². The monoisotopic (exact) mass is 257 g/mol. The Morgan fingerprint density at radius 1 is 1.47 bits per heavy atom. The maximum Gasteiger partial charge on any atom is 0.255 e. The molecule has 0 aliphatic rings. The van der Waals surface area contributed by atoms with Gasteiger partial charge in [0, 0.05) is 13.1 Å². The molecule has 0 aliphatic carbocycles. The van der Waals surface area contributed by atoms with E-state index in [0.717, 1.165) is 0 Å². The maximum absolute atomic E-state index is 12.1. The Morgan fingerprint density at radius 2 is 2.12 bits per heavy atom. The Balaban J connectivity index is 2.88. The molecule has 5 heteroatoms. The Labute approximate surface area is 105 Å². The van der Waals surface area contributed by atoms with E-state index in [4.69, 9.17) is 16.7 Å². The Kier molecular flexibility index (Phi) is 5.41. The lowest BCUT2D eigenvalue weighted by molar-refractivity contribution is 0.0605. The zero-order valence-corrected chi connectivity index (χ0v) is 10.4. The van der Waals surface area contributed by atoms with Gasteiger partial charge in [0.2, 0.25) is 0 Å². The van der Waals surface area contributed by atoms with Crippen molar-refractivity contribution in [3.05, 3.63) is 34.9 Å². The van der Waals surface area contributed by atoms with E-state index in [1.165, 1.54) is 4.90 Å². The molecule has 1 amide bonds. The zero-order chi connectivity index (χ0) is 12.8. The van der Waals surface area contributed by atoms with Crippen LogP contribution in [0.3, 0.4) is 0 Å². The van der Waals surface area contributed by atoms with E-state index in [1.807, 2.05) is 0 Å². The van der Waals surface area contributed by atoms with Crippen LogP contribution in [0.4, 0.5) is 0 Å². The molecule has 94 valence electrons. The minimum Gasteiger partial charge on any atom is -0.395 e. The normalized spacial score (nSPS) is 12.2. The summed E-state index contributed by atoms with van der Waals surface area (Å²) in [6.07, 6.45) is -0.645. The number of aliphatic hydroxyl groups excluding tert-OH is 2. The summed E-state index contributed by atoms with van der Waals surface area (Å²) >= 11 is 5.93. The van der Waals surface area contributed by atoms with Crippen molar-refractivity contribution in [3.63, 3.8) is 0 Å². The summed E-state index contributed by atoms with van der Waals surface area (Å²) in [6.45, 7) is 1.78. The van der Waals surface area contributed by atoms with E-state index in [9.17, 15) is 9.90 Å². The van der Waals surface area contributed by atoms with E-state index in [-0.39, 0.29) is 25.6 Å². The van der Waals surface area contributed by atoms with Gasteiger partial charge in [-0.2, -0.15) is 0 Å². The van der Waals surface area contributed by atoms with Gasteiger partial charge in [0.25, 0.3) is 5.91 Å². The van der Waals surface area contributed by atoms with Crippen molar-refractivity contribution in [2.24, 2.45) is 0 Å². The molecular formula is C12H16ClNO3. The van der Waals surface area contributed by atoms with Crippen LogP contribution in [0, 0.1) is 0 Å². The fourth-order valence-corrected chi connectivity index (χ4v) is 1.74. The Morgan fingerprint density at radius 3 is 2.65 bits per heavy atom. The summed E-state index contributed by atoms with van der Waals surface area (Å²) in [5.74, 6) is -0.287. The van der Waals surface area contributed by atoms with Crippen molar-refractivity contribution in [2.45, 2.75) is 13.0 Å². The van der Waals surface area contributed by atoms with Crippen LogP contribution in [0.1, 0.15) is 17.3 Å². The minimum absolute atomic E-state index is 0.150. The zero-order valence-electron chi connectivity index (χ0n) is 9.64. The van der Waals surface area contributed by atoms with Gasteiger partial charge < -0.3 is 15.1 Å². The average molecular weight is 258 g/mol. The molecule has 1 aromatic carbocycles. The summed E-state index contributed by atoms with van der Waals surface area (Å²) in [7, 11) is 0. The molecule has 17 heavy (non-hydrogen) atoms. The van der Waals surface area contributed by atoms with Gasteiger partial charge in [-0.1, -0.05) is 23.7 Å². The average Bonchev–Trinajstić information content (AvgIpc) is 2.28. The highest BCUT2D eigenvalue weighted by Crippen LogP contribution is 2.17. The summed E-state index contributed by atoms with van der Waals surface area (Å²) in [5.41, 5.74) is 0.378. The molecule has 2 N–H and O–H groups in total. The van der Waals surface area contributed by atoms with Gasteiger partial charge >= 0.3 is 0 Å². The summed E-state index contributed by atoms with van der Waals surface area (Å²) < 4.78 is 0. The van der Waals surface area contributed by atoms with Gasteiger partial charge in [0.15, 0.2) is 0 Å². The van der Waals surface area contributed by atoms with Crippen LogP contribution in [0.2, 0.25) is 5.02 Å². The molecule has 0 aliphatic heterocycles. The van der Waals surface area contributed by atoms with Crippen LogP contribution in [-0.4, -0.2) is 46.8 Å². The smallest absolute Gasteiger partial charge is 0.255 e. The second-order valence-corrected chi connectivity index (χ2v) is 4.21. The lowest BCUT2D eigenvalue weighted by Crippen LogP contribution is -2.38. The molecule has 0 saturated heterocycles. The quantitative estimate of drug-likeness (QED) is 0.832. The first-order valence-corrected chi connectivity index (χ1v) is 5.76. The Bertz CT molecular complexity index is 382. The molecule has 0 spiro atoms. The first-order valence-electron chi connectivity index (χ1n) is 5.39. The van der Waals surface area contributed by atoms with Gasteiger partial charge in [-0.15, -0.1) is 0 Å². The predicted octanol–water partition coefficient (Wildman–Crippen LogP) is 1.16. The maximum atomic E-state index is 12.1. The summed E-state index contributed by atoms with van der Waals surface area (Å²) in [5, 5.41) is 18.6. The highest BCUT2D eigenvalue weighted by molar-refractivity contribution is 6.33. The third-order valence-electron chi connectivity index (χ3n) is 2.25. The van der Waals surface area contributed by atoms with Crippen LogP contribution in [0.25, 0.3) is 0 Å². The molecule has 1 unspecified atom stereocenters. The first kappa shape index (κ1) is 14.0. The van der Waals surface area contributed by atoms with Gasteiger partial charge in [-0.3, -0.25) is 4.79 Å². The van der Waals surface area contributed by atoms with E-state index in [1.54, 1.807) is 31.2 Å². The van der Waals surface area contributed by atoms with Crippen molar-refractivity contribution in [3.8, 4) is 0 Å². The number of nitrogens with zero attached hydrogens (tertiary/aromatic N) is 1. The topological polar surface area (TPSA) is 60.8 Å². The van der Waals surface area contributed by atoms with Crippen LogP contribution >= 0.6 is 11.6 Å². The molecule has 1 rings (SSSR count). The van der Waals surface area contributed by atoms with Crippen molar-refractivity contribution in [1.82, 2.24) is 4.90 Å². The minimum atomic E-state index is -0.645. The molecule has 1 aromatic rings. The molecule has 0 saturated carbocycles. The fraction of sp³-hybridized carbons (Fsp3) is 0.417. The molecule has 0 aromatic heterocycles. The van der Waals surface area contributed by atoms with Crippen LogP contribution < -0.4 is 0 Å². The molecule has 4 nitrogen and oxygen atoms in total. The standard InChI is InChI=1S/C12H16ClNO3/c1-9(16)8-14(6-7-15)12(17)10-4-2-3-5-11(10)13/h2-5,9,15-16H,6-8H2,1H3. The van der Waals surface area contributed by atoms with Crippen molar-refractivity contribution < 1.29 is 15.0 Å². The SMILES string of the molecule is CC(O)CN(CCO)C(=O)c1ccccc1Cl. The van der Waals surface area contributed by atoms with Crippen molar-refractivity contribution >= 4 is 17.5 Å². The number of benzene rings is 1. The predicted molar refractivity (Wildman–Crippen MR) is 66.1 cm³/mol. The number of carbonyl (C=O) groups is 1. The number of amides is 1. The molecule has 0 radical (unpaired) electrons. The summed E-state index contributed by atoms with van der Waals surface area (Å²) in [4.78, 5) is 13.5. The first-order chi connectivity index (χ1) is 8.06. The third-order valence-corrected chi connectivity index (χ3v) is 2.58. The van der Waals surface area contributed by atoms with E-state index >= 15 is 0 Å². The Hall–Kier alpha value is -1.10. The van der Waals surface area contributed by atoms with E-state index < -0.39 is 6.10 Å². The highest BCUT2D eigenvalue weighted by Gasteiger charge is 2.18. The van der Waals surface area contributed by atoms with Crippen molar-refractivity contribution in [1.29, 1.82) is 0 Å². The molecular weight excluding hydrogens is 242 g/mol. The van der Waals surface area contributed by atoms with Crippen LogP contribution in [0.15, 0.2) is 24.3 Å². The van der Waals surface area contributed by atoms with Crippen LogP contribution in [-0.2, 0) is 0 Å². The number of carbonyl (C=O) groups excluding carboxylic acids is 1. The van der Waals surface area contributed by atoms with Gasteiger partial charge in [0.05, 0.1) is 23.3 Å². The number of rotatable bonds is 5. The molecule has 0 fully saturated rings. The third kappa shape index (κ3) is 4.00. The number of halogens is 1. The second kappa shape index (κ2) is 6.59. The largest absolute Gasteiger partial charge is 0.395 e. The number of hydrogen-bond acceptors (Lipinski definition) is 3. The molecule has 0 bridgehead atoms. The second-order valence-electron chi connectivity index (χ2n) is 3.80. The van der Waals surface area contributed by atoms with Gasteiger partial charge in [-0.25, -0.2) is 0 Å². The lowest BCUT2D eigenvalue weighted by atomic mass is 10.2. The van der Waals surface area contributed by atoms with Crippen molar-refractivity contribution in [2.75, 3.05) is 19.7 Å². The molecule has 0 heterocycles. The summed E-state index contributed by atoms with van der Waals surface area (Å²) in [6, 6.07) is 6.72. The number of hydrogen-bond donors (Lipinski definition) is 2. The van der Waals surface area contributed by atoms with Gasteiger partial charge in [0.1, 0.15) is 0 Å². The number of aliphatic hydroxyl groups is 2. The fourth-order valence-electron chi connectivity index (χ4n) is 1.52. The van der Waals surface area contributed by atoms with Crippen LogP contribution in [0.5, 0.6) is 0 Å².